The van der Waals surface area contributed by atoms with Crippen LogP contribution in [0.1, 0.15) is 49.1 Å². The molecule has 0 spiro atoms. The molecular weight excluding hydrogens is 371 g/mol. The van der Waals surface area contributed by atoms with Gasteiger partial charge >= 0.3 is 6.18 Å². The van der Waals surface area contributed by atoms with E-state index < -0.39 is 11.7 Å². The van der Waals surface area contributed by atoms with Crippen LogP contribution >= 0.6 is 0 Å². The van der Waals surface area contributed by atoms with Gasteiger partial charge in [0.25, 0.3) is 0 Å². The molecule has 1 N–H and O–H groups in total. The van der Waals surface area contributed by atoms with Crippen molar-refractivity contribution in [2.75, 3.05) is 5.32 Å². The topological polar surface area (TPSA) is 56.1 Å². The number of amides is 1. The lowest BCUT2D eigenvalue weighted by molar-refractivity contribution is -0.137. The van der Waals surface area contributed by atoms with Gasteiger partial charge in [0.2, 0.25) is 5.91 Å². The molecule has 3 rings (SSSR count). The predicted molar refractivity (Wildman–Crippen MR) is 99.0 cm³/mol. The maximum atomic E-state index is 12.8. The van der Waals surface area contributed by atoms with Gasteiger partial charge in [0.05, 0.1) is 22.6 Å². The van der Waals surface area contributed by atoms with Gasteiger partial charge < -0.3 is 10.1 Å². The van der Waals surface area contributed by atoms with Gasteiger partial charge in [-0.2, -0.15) is 18.3 Å². The third-order valence-electron chi connectivity index (χ3n) is 5.12. The number of ether oxygens (including phenoxy) is 1. The first-order valence-electron chi connectivity index (χ1n) is 9.40. The zero-order valence-corrected chi connectivity index (χ0v) is 16.0. The summed E-state index contributed by atoms with van der Waals surface area (Å²) >= 11 is 0. The van der Waals surface area contributed by atoms with Crippen molar-refractivity contribution in [3.05, 3.63) is 41.2 Å². The summed E-state index contributed by atoms with van der Waals surface area (Å²) < 4.78 is 45.5. The van der Waals surface area contributed by atoms with Gasteiger partial charge in [0.1, 0.15) is 5.75 Å². The van der Waals surface area contributed by atoms with E-state index in [0.29, 0.717) is 17.1 Å². The van der Waals surface area contributed by atoms with Crippen LogP contribution in [-0.2, 0) is 17.7 Å². The molecule has 0 bridgehead atoms. The SMILES string of the molecule is Cc1nn(COc2cccc(C(F)(F)F)c2)c(C)c1NC(=O)C1CCCCC1. The molecule has 152 valence electrons. The van der Waals surface area contributed by atoms with Crippen molar-refractivity contribution in [3.63, 3.8) is 0 Å². The lowest BCUT2D eigenvalue weighted by Crippen LogP contribution is -2.25. The zero-order chi connectivity index (χ0) is 20.3. The molecule has 1 heterocycles. The van der Waals surface area contributed by atoms with Crippen LogP contribution in [0.2, 0.25) is 0 Å². The fraction of sp³-hybridized carbons (Fsp3) is 0.500. The number of aryl methyl sites for hydroxylation is 1. The summed E-state index contributed by atoms with van der Waals surface area (Å²) in [6.07, 6.45) is 0.689. The first-order valence-corrected chi connectivity index (χ1v) is 9.40. The molecule has 5 nitrogen and oxygen atoms in total. The number of alkyl halides is 3. The maximum absolute atomic E-state index is 12.8. The molecule has 28 heavy (non-hydrogen) atoms. The Morgan fingerprint density at radius 1 is 1.25 bits per heavy atom. The first kappa shape index (κ1) is 20.2. The van der Waals surface area contributed by atoms with Crippen LogP contribution in [0.15, 0.2) is 24.3 Å². The van der Waals surface area contributed by atoms with Crippen molar-refractivity contribution >= 4 is 11.6 Å². The number of benzene rings is 1. The number of nitrogens with one attached hydrogen (secondary N) is 1. The van der Waals surface area contributed by atoms with E-state index in [2.05, 4.69) is 10.4 Å². The summed E-state index contributed by atoms with van der Waals surface area (Å²) in [6, 6.07) is 4.72. The third-order valence-corrected chi connectivity index (χ3v) is 5.12. The standard InChI is InChI=1S/C20H24F3N3O2/c1-13-18(24-19(27)15-7-4-3-5-8-15)14(2)26(25-13)12-28-17-10-6-9-16(11-17)20(21,22)23/h6,9-11,15H,3-5,7-8,12H2,1-2H3,(H,24,27). The average Bonchev–Trinajstić information content (AvgIpc) is 2.94. The van der Waals surface area contributed by atoms with E-state index in [9.17, 15) is 18.0 Å². The molecular formula is C20H24F3N3O2. The largest absolute Gasteiger partial charge is 0.471 e. The van der Waals surface area contributed by atoms with E-state index in [1.165, 1.54) is 23.2 Å². The number of aromatic nitrogens is 2. The molecule has 1 amide bonds. The molecule has 1 aliphatic rings. The van der Waals surface area contributed by atoms with Crippen LogP contribution in [0, 0.1) is 19.8 Å². The highest BCUT2D eigenvalue weighted by Gasteiger charge is 2.30. The molecule has 0 atom stereocenters. The Bertz CT molecular complexity index is 840. The van der Waals surface area contributed by atoms with Crippen LogP contribution in [0.4, 0.5) is 18.9 Å². The summed E-state index contributed by atoms with van der Waals surface area (Å²) in [5.74, 6) is 0.136. The Balaban J connectivity index is 1.67. The smallest absolute Gasteiger partial charge is 0.416 e. The van der Waals surface area contributed by atoms with Gasteiger partial charge in [-0.15, -0.1) is 0 Å². The molecule has 0 aliphatic heterocycles. The zero-order valence-electron chi connectivity index (χ0n) is 16.0. The van der Waals surface area contributed by atoms with Crippen LogP contribution in [0.25, 0.3) is 0 Å². The molecule has 1 fully saturated rings. The van der Waals surface area contributed by atoms with Crippen molar-refractivity contribution in [2.45, 2.75) is 58.9 Å². The van der Waals surface area contributed by atoms with E-state index in [-0.39, 0.29) is 24.3 Å². The minimum atomic E-state index is -4.42. The highest BCUT2D eigenvalue weighted by Crippen LogP contribution is 2.31. The number of carbonyl (C=O) groups is 1. The summed E-state index contributed by atoms with van der Waals surface area (Å²) in [7, 11) is 0. The molecule has 1 aromatic heterocycles. The summed E-state index contributed by atoms with van der Waals surface area (Å²) in [6.45, 7) is 3.53. The summed E-state index contributed by atoms with van der Waals surface area (Å²) in [5.41, 5.74) is 1.23. The molecule has 8 heteroatoms. The lowest BCUT2D eigenvalue weighted by Gasteiger charge is -2.20. The van der Waals surface area contributed by atoms with Gasteiger partial charge in [-0.3, -0.25) is 4.79 Å². The van der Waals surface area contributed by atoms with Crippen molar-refractivity contribution < 1.29 is 22.7 Å². The average molecular weight is 395 g/mol. The highest BCUT2D eigenvalue weighted by molar-refractivity contribution is 5.93. The number of rotatable bonds is 5. The lowest BCUT2D eigenvalue weighted by atomic mass is 9.88. The number of hydrogen-bond donors (Lipinski definition) is 1. The van der Waals surface area contributed by atoms with Gasteiger partial charge in [0, 0.05) is 5.92 Å². The number of hydrogen-bond acceptors (Lipinski definition) is 3. The van der Waals surface area contributed by atoms with Crippen LogP contribution in [-0.4, -0.2) is 15.7 Å². The normalized spacial score (nSPS) is 15.5. The molecule has 1 aliphatic carbocycles. The number of carbonyl (C=O) groups excluding carboxylic acids is 1. The highest BCUT2D eigenvalue weighted by atomic mass is 19.4. The second-order valence-corrected chi connectivity index (χ2v) is 7.17. The predicted octanol–water partition coefficient (Wildman–Crippen LogP) is 5.07. The first-order chi connectivity index (χ1) is 13.3. The molecule has 0 saturated heterocycles. The summed E-state index contributed by atoms with van der Waals surface area (Å²) in [5, 5.41) is 7.32. The van der Waals surface area contributed by atoms with Crippen molar-refractivity contribution in [1.29, 1.82) is 0 Å². The Morgan fingerprint density at radius 3 is 2.64 bits per heavy atom. The van der Waals surface area contributed by atoms with Gasteiger partial charge in [0.15, 0.2) is 6.73 Å². The van der Waals surface area contributed by atoms with E-state index in [4.69, 9.17) is 4.74 Å². The molecule has 2 aromatic rings. The van der Waals surface area contributed by atoms with E-state index in [1.54, 1.807) is 13.8 Å². The number of anilines is 1. The third kappa shape index (κ3) is 4.66. The number of halogens is 3. The van der Waals surface area contributed by atoms with E-state index >= 15 is 0 Å². The Hall–Kier alpha value is -2.51. The van der Waals surface area contributed by atoms with Gasteiger partial charge in [-0.25, -0.2) is 4.68 Å². The minimum Gasteiger partial charge on any atom is -0.471 e. The van der Waals surface area contributed by atoms with Crippen LogP contribution in [0.3, 0.4) is 0 Å². The summed E-state index contributed by atoms with van der Waals surface area (Å²) in [4.78, 5) is 12.5. The molecule has 0 unspecified atom stereocenters. The van der Waals surface area contributed by atoms with Crippen LogP contribution < -0.4 is 10.1 Å². The Morgan fingerprint density at radius 2 is 1.96 bits per heavy atom. The molecule has 0 radical (unpaired) electrons. The van der Waals surface area contributed by atoms with Gasteiger partial charge in [-0.1, -0.05) is 25.3 Å². The fourth-order valence-electron chi connectivity index (χ4n) is 3.49. The van der Waals surface area contributed by atoms with Crippen molar-refractivity contribution in [2.24, 2.45) is 5.92 Å². The minimum absolute atomic E-state index is 0.00393. The second kappa shape index (κ2) is 8.24. The Labute approximate surface area is 161 Å². The quantitative estimate of drug-likeness (QED) is 0.769. The van der Waals surface area contributed by atoms with Crippen molar-refractivity contribution in [3.8, 4) is 5.75 Å². The maximum Gasteiger partial charge on any atom is 0.416 e. The Kier molecular flexibility index (Phi) is 5.96. The van der Waals surface area contributed by atoms with Crippen molar-refractivity contribution in [1.82, 2.24) is 9.78 Å². The molecule has 1 saturated carbocycles. The number of nitrogens with zero attached hydrogens (tertiary/aromatic N) is 2. The molecule has 1 aromatic carbocycles. The van der Waals surface area contributed by atoms with E-state index in [0.717, 1.165) is 37.8 Å². The monoisotopic (exact) mass is 395 g/mol. The van der Waals surface area contributed by atoms with Gasteiger partial charge in [-0.05, 0) is 44.9 Å². The van der Waals surface area contributed by atoms with E-state index in [1.807, 2.05) is 0 Å². The van der Waals surface area contributed by atoms with Crippen LogP contribution in [0.5, 0.6) is 5.75 Å². The second-order valence-electron chi connectivity index (χ2n) is 7.17. The fourth-order valence-corrected chi connectivity index (χ4v) is 3.49.